The fraction of sp³-hybridized carbons (Fsp3) is 0.357. The number of para-hydroxylation sites is 1. The molecule has 94 valence electrons. The van der Waals surface area contributed by atoms with Gasteiger partial charge in [-0.3, -0.25) is 4.98 Å². The third kappa shape index (κ3) is 2.11. The summed E-state index contributed by atoms with van der Waals surface area (Å²) in [5.41, 5.74) is 8.37. The number of aliphatic hydroxyl groups is 1. The summed E-state index contributed by atoms with van der Waals surface area (Å²) in [5.74, 6) is 0.482. The summed E-state index contributed by atoms with van der Waals surface area (Å²) in [6.45, 7) is 0.582. The molecule has 1 unspecified atom stereocenters. The number of aromatic nitrogens is 1. The monoisotopic (exact) mass is 243 g/mol. The van der Waals surface area contributed by atoms with Gasteiger partial charge in [-0.1, -0.05) is 12.1 Å². The molecule has 4 nitrogen and oxygen atoms in total. The Kier molecular flexibility index (Phi) is 2.80. The molecule has 0 amide bonds. The van der Waals surface area contributed by atoms with Gasteiger partial charge in [0.15, 0.2) is 0 Å². The number of nitrogens with one attached hydrogen (secondary N) is 1. The van der Waals surface area contributed by atoms with E-state index in [1.165, 1.54) is 0 Å². The van der Waals surface area contributed by atoms with E-state index in [1.807, 2.05) is 24.3 Å². The standard InChI is InChI=1S/C14H17N3O/c15-11-3-1-2-10-12(6-7-16-14(10)11)17-8-13(18)9-4-5-9/h1-3,6-7,9,13,18H,4-5,8,15H2,(H,16,17). The molecule has 4 heteroatoms. The maximum atomic E-state index is 9.87. The minimum Gasteiger partial charge on any atom is -0.397 e. The lowest BCUT2D eigenvalue weighted by Gasteiger charge is -2.13. The molecule has 0 bridgehead atoms. The van der Waals surface area contributed by atoms with Crippen LogP contribution >= 0.6 is 0 Å². The van der Waals surface area contributed by atoms with Crippen LogP contribution in [0.2, 0.25) is 0 Å². The van der Waals surface area contributed by atoms with Gasteiger partial charge >= 0.3 is 0 Å². The number of benzene rings is 1. The van der Waals surface area contributed by atoms with E-state index < -0.39 is 0 Å². The van der Waals surface area contributed by atoms with Gasteiger partial charge in [0.1, 0.15) is 0 Å². The number of pyridine rings is 1. The van der Waals surface area contributed by atoms with E-state index in [1.54, 1.807) is 6.20 Å². The third-order valence-corrected chi connectivity index (χ3v) is 3.47. The molecule has 1 atom stereocenters. The molecule has 0 aliphatic heterocycles. The first-order valence-corrected chi connectivity index (χ1v) is 6.31. The minimum atomic E-state index is -0.255. The Morgan fingerprint density at radius 2 is 2.22 bits per heavy atom. The zero-order valence-electron chi connectivity index (χ0n) is 10.1. The van der Waals surface area contributed by atoms with Crippen LogP contribution < -0.4 is 11.1 Å². The quantitative estimate of drug-likeness (QED) is 0.718. The summed E-state index contributed by atoms with van der Waals surface area (Å²) in [7, 11) is 0. The van der Waals surface area contributed by atoms with Crippen molar-refractivity contribution in [2.24, 2.45) is 5.92 Å². The lowest BCUT2D eigenvalue weighted by atomic mass is 10.1. The molecule has 1 heterocycles. The fourth-order valence-electron chi connectivity index (χ4n) is 2.22. The van der Waals surface area contributed by atoms with Crippen LogP contribution in [-0.2, 0) is 0 Å². The van der Waals surface area contributed by atoms with Crippen LogP contribution in [0.25, 0.3) is 10.9 Å². The Hall–Kier alpha value is -1.81. The fourth-order valence-corrected chi connectivity index (χ4v) is 2.22. The molecule has 1 aromatic carbocycles. The molecule has 3 rings (SSSR count). The minimum absolute atomic E-state index is 0.255. The molecule has 2 aromatic rings. The van der Waals surface area contributed by atoms with Crippen LogP contribution in [0.15, 0.2) is 30.5 Å². The van der Waals surface area contributed by atoms with E-state index in [2.05, 4.69) is 10.3 Å². The van der Waals surface area contributed by atoms with Crippen molar-refractivity contribution in [3.05, 3.63) is 30.5 Å². The molecule has 1 fully saturated rings. The second kappa shape index (κ2) is 4.46. The van der Waals surface area contributed by atoms with Gasteiger partial charge in [0.25, 0.3) is 0 Å². The van der Waals surface area contributed by atoms with Gasteiger partial charge in [0.2, 0.25) is 0 Å². The second-order valence-corrected chi connectivity index (χ2v) is 4.89. The number of aliphatic hydroxyl groups excluding tert-OH is 1. The molecule has 18 heavy (non-hydrogen) atoms. The number of anilines is 2. The van der Waals surface area contributed by atoms with Crippen LogP contribution in [-0.4, -0.2) is 22.7 Å². The summed E-state index contributed by atoms with van der Waals surface area (Å²) in [6.07, 6.45) is 3.78. The number of nitrogen functional groups attached to an aromatic ring is 1. The van der Waals surface area contributed by atoms with Crippen LogP contribution in [0.4, 0.5) is 11.4 Å². The molecule has 0 spiro atoms. The topological polar surface area (TPSA) is 71.2 Å². The van der Waals surface area contributed by atoms with Crippen LogP contribution in [0.1, 0.15) is 12.8 Å². The van der Waals surface area contributed by atoms with Crippen molar-refractivity contribution in [2.75, 3.05) is 17.6 Å². The van der Waals surface area contributed by atoms with E-state index in [0.29, 0.717) is 18.2 Å². The molecule has 1 aliphatic carbocycles. The summed E-state index contributed by atoms with van der Waals surface area (Å²) in [4.78, 5) is 4.29. The van der Waals surface area contributed by atoms with Crippen molar-refractivity contribution >= 4 is 22.3 Å². The number of hydrogen-bond acceptors (Lipinski definition) is 4. The van der Waals surface area contributed by atoms with Crippen LogP contribution in [0, 0.1) is 5.92 Å². The number of nitrogens with zero attached hydrogens (tertiary/aromatic N) is 1. The van der Waals surface area contributed by atoms with Crippen molar-refractivity contribution in [2.45, 2.75) is 18.9 Å². The van der Waals surface area contributed by atoms with Crippen LogP contribution in [0.3, 0.4) is 0 Å². The van der Waals surface area contributed by atoms with E-state index >= 15 is 0 Å². The Morgan fingerprint density at radius 3 is 3.00 bits per heavy atom. The van der Waals surface area contributed by atoms with Gasteiger partial charge in [-0.15, -0.1) is 0 Å². The van der Waals surface area contributed by atoms with Crippen molar-refractivity contribution in [1.82, 2.24) is 4.98 Å². The molecule has 1 aliphatic rings. The average Bonchev–Trinajstić information content (AvgIpc) is 3.21. The highest BCUT2D eigenvalue weighted by Crippen LogP contribution is 2.33. The van der Waals surface area contributed by atoms with Crippen LogP contribution in [0.5, 0.6) is 0 Å². The normalized spacial score (nSPS) is 16.7. The van der Waals surface area contributed by atoms with Crippen molar-refractivity contribution < 1.29 is 5.11 Å². The molecule has 0 radical (unpaired) electrons. The number of rotatable bonds is 4. The highest BCUT2D eigenvalue weighted by Gasteiger charge is 2.29. The van der Waals surface area contributed by atoms with Gasteiger partial charge in [0, 0.05) is 23.8 Å². The largest absolute Gasteiger partial charge is 0.397 e. The Bertz CT molecular complexity index is 566. The smallest absolute Gasteiger partial charge is 0.0951 e. The van der Waals surface area contributed by atoms with Crippen molar-refractivity contribution in [3.8, 4) is 0 Å². The highest BCUT2D eigenvalue weighted by molar-refractivity contribution is 5.97. The SMILES string of the molecule is Nc1cccc2c(NCC(O)C3CC3)ccnc12. The lowest BCUT2D eigenvalue weighted by Crippen LogP contribution is -2.21. The second-order valence-electron chi connectivity index (χ2n) is 4.89. The first kappa shape index (κ1) is 11.3. The maximum absolute atomic E-state index is 9.87. The summed E-state index contributed by atoms with van der Waals surface area (Å²) < 4.78 is 0. The number of nitrogens with two attached hydrogens (primary N) is 1. The molecule has 1 saturated carbocycles. The van der Waals surface area contributed by atoms with Gasteiger partial charge < -0.3 is 16.2 Å². The van der Waals surface area contributed by atoms with Gasteiger partial charge in [-0.2, -0.15) is 0 Å². The number of fused-ring (bicyclic) bond motifs is 1. The maximum Gasteiger partial charge on any atom is 0.0951 e. The average molecular weight is 243 g/mol. The predicted molar refractivity (Wildman–Crippen MR) is 73.4 cm³/mol. The molecular weight excluding hydrogens is 226 g/mol. The van der Waals surface area contributed by atoms with Crippen molar-refractivity contribution in [1.29, 1.82) is 0 Å². The Morgan fingerprint density at radius 1 is 1.39 bits per heavy atom. The highest BCUT2D eigenvalue weighted by atomic mass is 16.3. The van der Waals surface area contributed by atoms with Gasteiger partial charge in [0.05, 0.1) is 17.3 Å². The molecule has 1 aromatic heterocycles. The number of hydrogen-bond donors (Lipinski definition) is 3. The summed E-state index contributed by atoms with van der Waals surface area (Å²) in [5, 5.41) is 14.2. The first-order valence-electron chi connectivity index (χ1n) is 6.31. The summed E-state index contributed by atoms with van der Waals surface area (Å²) >= 11 is 0. The third-order valence-electron chi connectivity index (χ3n) is 3.47. The Labute approximate surface area is 106 Å². The molecule has 4 N–H and O–H groups in total. The Balaban J connectivity index is 1.84. The first-order chi connectivity index (χ1) is 8.75. The molecular formula is C14H17N3O. The van der Waals surface area contributed by atoms with E-state index in [0.717, 1.165) is 29.4 Å². The van der Waals surface area contributed by atoms with Gasteiger partial charge in [-0.05, 0) is 30.9 Å². The lowest BCUT2D eigenvalue weighted by molar-refractivity contribution is 0.164. The van der Waals surface area contributed by atoms with E-state index in [4.69, 9.17) is 5.73 Å². The molecule has 0 saturated heterocycles. The van der Waals surface area contributed by atoms with E-state index in [-0.39, 0.29) is 6.10 Å². The summed E-state index contributed by atoms with van der Waals surface area (Å²) in [6, 6.07) is 7.67. The van der Waals surface area contributed by atoms with Crippen molar-refractivity contribution in [3.63, 3.8) is 0 Å². The zero-order chi connectivity index (χ0) is 12.5. The zero-order valence-corrected chi connectivity index (χ0v) is 10.1. The predicted octanol–water partition coefficient (Wildman–Crippen LogP) is 2.00. The van der Waals surface area contributed by atoms with E-state index in [9.17, 15) is 5.11 Å². The van der Waals surface area contributed by atoms with Gasteiger partial charge in [-0.25, -0.2) is 0 Å².